The van der Waals surface area contributed by atoms with Crippen molar-refractivity contribution in [2.75, 3.05) is 23.7 Å². The number of sulfonamides is 1. The Balaban J connectivity index is 1.84. The van der Waals surface area contributed by atoms with Gasteiger partial charge in [-0.15, -0.1) is 0 Å². The van der Waals surface area contributed by atoms with Gasteiger partial charge in [0, 0.05) is 13.1 Å². The third-order valence-corrected chi connectivity index (χ3v) is 7.36. The summed E-state index contributed by atoms with van der Waals surface area (Å²) in [6.45, 7) is 5.88. The summed E-state index contributed by atoms with van der Waals surface area (Å²) in [5, 5.41) is 2.88. The molecule has 0 unspecified atom stereocenters. The Hall–Kier alpha value is -3.85. The number of unbranched alkanes of at least 4 members (excludes halogenated alkanes) is 1. The molecule has 9 heteroatoms. The number of anilines is 1. The molecule has 39 heavy (non-hydrogen) atoms. The van der Waals surface area contributed by atoms with E-state index >= 15 is 0 Å². The van der Waals surface area contributed by atoms with Gasteiger partial charge >= 0.3 is 0 Å². The van der Waals surface area contributed by atoms with E-state index in [-0.39, 0.29) is 12.5 Å². The molecule has 2 amide bonds. The normalized spacial score (nSPS) is 11.9. The number of amides is 2. The molecule has 0 fully saturated rings. The van der Waals surface area contributed by atoms with Crippen LogP contribution in [0.4, 0.5) is 5.69 Å². The average molecular weight is 552 g/mol. The molecule has 0 saturated carbocycles. The Morgan fingerprint density at radius 1 is 0.949 bits per heavy atom. The SMILES string of the molecule is CCCCNC(=O)[C@@H](C)N(Cc1cccc(C)c1)C(=O)CN(c1ccc(Oc2ccccc2)cc1)S(C)(=O)=O. The fraction of sp³-hybridized carbons (Fsp3) is 0.333. The van der Waals surface area contributed by atoms with Crippen LogP contribution < -0.4 is 14.4 Å². The molecule has 0 radical (unpaired) electrons. The number of para-hydroxylation sites is 1. The Bertz CT molecular complexity index is 1340. The molecule has 0 aliphatic rings. The molecule has 3 rings (SSSR count). The molecule has 0 heterocycles. The minimum Gasteiger partial charge on any atom is -0.457 e. The van der Waals surface area contributed by atoms with Crippen molar-refractivity contribution >= 4 is 27.5 Å². The van der Waals surface area contributed by atoms with Gasteiger partial charge in [0.05, 0.1) is 11.9 Å². The number of rotatable bonds is 13. The molecule has 0 aliphatic carbocycles. The van der Waals surface area contributed by atoms with Gasteiger partial charge in [0.15, 0.2) is 0 Å². The molecule has 3 aromatic rings. The van der Waals surface area contributed by atoms with Gasteiger partial charge in [-0.2, -0.15) is 0 Å². The second-order valence-electron chi connectivity index (χ2n) is 9.51. The Labute approximate surface area is 231 Å². The zero-order valence-electron chi connectivity index (χ0n) is 23.0. The van der Waals surface area contributed by atoms with Gasteiger partial charge in [-0.05, 0) is 62.2 Å². The zero-order valence-corrected chi connectivity index (χ0v) is 23.8. The highest BCUT2D eigenvalue weighted by Crippen LogP contribution is 2.26. The lowest BCUT2D eigenvalue weighted by Crippen LogP contribution is -2.51. The van der Waals surface area contributed by atoms with E-state index in [0.29, 0.717) is 23.7 Å². The fourth-order valence-corrected chi connectivity index (χ4v) is 4.89. The van der Waals surface area contributed by atoms with Crippen molar-refractivity contribution in [3.8, 4) is 11.5 Å². The Morgan fingerprint density at radius 2 is 1.62 bits per heavy atom. The highest BCUT2D eigenvalue weighted by Gasteiger charge is 2.30. The summed E-state index contributed by atoms with van der Waals surface area (Å²) in [6, 6.07) is 22.6. The number of nitrogens with one attached hydrogen (secondary N) is 1. The lowest BCUT2D eigenvalue weighted by atomic mass is 10.1. The summed E-state index contributed by atoms with van der Waals surface area (Å²) in [4.78, 5) is 28.0. The summed E-state index contributed by atoms with van der Waals surface area (Å²) in [7, 11) is -3.82. The number of hydrogen-bond donors (Lipinski definition) is 1. The van der Waals surface area contributed by atoms with Crippen molar-refractivity contribution < 1.29 is 22.7 Å². The van der Waals surface area contributed by atoms with Gasteiger partial charge in [-0.25, -0.2) is 8.42 Å². The van der Waals surface area contributed by atoms with E-state index in [4.69, 9.17) is 4.74 Å². The van der Waals surface area contributed by atoms with Gasteiger partial charge in [0.2, 0.25) is 21.8 Å². The first-order valence-electron chi connectivity index (χ1n) is 13.0. The highest BCUT2D eigenvalue weighted by molar-refractivity contribution is 7.92. The summed E-state index contributed by atoms with van der Waals surface area (Å²) in [5.74, 6) is 0.420. The quantitative estimate of drug-likeness (QED) is 0.305. The van der Waals surface area contributed by atoms with Crippen LogP contribution in [0, 0.1) is 6.92 Å². The average Bonchev–Trinajstić information content (AvgIpc) is 2.90. The van der Waals surface area contributed by atoms with E-state index in [0.717, 1.165) is 34.5 Å². The van der Waals surface area contributed by atoms with E-state index in [1.165, 1.54) is 4.90 Å². The zero-order chi connectivity index (χ0) is 28.4. The van der Waals surface area contributed by atoms with Crippen molar-refractivity contribution in [3.05, 3.63) is 90.0 Å². The lowest BCUT2D eigenvalue weighted by Gasteiger charge is -2.31. The van der Waals surface area contributed by atoms with Crippen LogP contribution in [0.25, 0.3) is 0 Å². The first-order valence-corrected chi connectivity index (χ1v) is 14.9. The van der Waals surface area contributed by atoms with Crippen LogP contribution in [0.5, 0.6) is 11.5 Å². The second kappa shape index (κ2) is 13.8. The summed E-state index contributed by atoms with van der Waals surface area (Å²) in [5.41, 5.74) is 2.20. The topological polar surface area (TPSA) is 96.0 Å². The molecular formula is C30H37N3O5S. The molecule has 8 nitrogen and oxygen atoms in total. The summed E-state index contributed by atoms with van der Waals surface area (Å²) >= 11 is 0. The van der Waals surface area contributed by atoms with Crippen LogP contribution >= 0.6 is 0 Å². The van der Waals surface area contributed by atoms with Crippen LogP contribution in [0.2, 0.25) is 0 Å². The van der Waals surface area contributed by atoms with Crippen LogP contribution in [-0.2, 0) is 26.2 Å². The maximum Gasteiger partial charge on any atom is 0.244 e. The molecule has 3 aromatic carbocycles. The van der Waals surface area contributed by atoms with E-state index in [9.17, 15) is 18.0 Å². The van der Waals surface area contributed by atoms with Crippen LogP contribution in [0.3, 0.4) is 0 Å². The standard InChI is InChI=1S/C30H37N3O5S/c1-5-6-19-31-30(35)24(3)32(21-25-12-10-11-23(2)20-25)29(34)22-33(39(4,36)37)26-15-17-28(18-16-26)38-27-13-8-7-9-14-27/h7-18,20,24H,5-6,19,21-22H2,1-4H3,(H,31,35)/t24-/m1/s1. The van der Waals surface area contributed by atoms with E-state index in [1.807, 2.05) is 68.4 Å². The largest absolute Gasteiger partial charge is 0.457 e. The van der Waals surface area contributed by atoms with Gasteiger partial charge in [-0.3, -0.25) is 13.9 Å². The fourth-order valence-electron chi connectivity index (χ4n) is 4.04. The maximum atomic E-state index is 13.7. The molecular weight excluding hydrogens is 514 g/mol. The molecule has 0 spiro atoms. The monoisotopic (exact) mass is 551 g/mol. The molecule has 0 aliphatic heterocycles. The Morgan fingerprint density at radius 3 is 2.23 bits per heavy atom. The van der Waals surface area contributed by atoms with Gasteiger partial charge in [0.25, 0.3) is 0 Å². The van der Waals surface area contributed by atoms with E-state index < -0.39 is 28.5 Å². The number of ether oxygens (including phenoxy) is 1. The van der Waals surface area contributed by atoms with Crippen LogP contribution in [-0.4, -0.2) is 50.5 Å². The van der Waals surface area contributed by atoms with Crippen molar-refractivity contribution in [2.45, 2.75) is 46.2 Å². The van der Waals surface area contributed by atoms with Crippen LogP contribution in [0.1, 0.15) is 37.8 Å². The van der Waals surface area contributed by atoms with Gasteiger partial charge in [-0.1, -0.05) is 61.4 Å². The van der Waals surface area contributed by atoms with Crippen molar-refractivity contribution in [2.24, 2.45) is 0 Å². The molecule has 0 saturated heterocycles. The molecule has 1 N–H and O–H groups in total. The Kier molecular flexibility index (Phi) is 10.5. The smallest absolute Gasteiger partial charge is 0.244 e. The van der Waals surface area contributed by atoms with Crippen LogP contribution in [0.15, 0.2) is 78.9 Å². The van der Waals surface area contributed by atoms with Gasteiger partial charge < -0.3 is 15.0 Å². The predicted molar refractivity (Wildman–Crippen MR) is 154 cm³/mol. The van der Waals surface area contributed by atoms with E-state index in [1.54, 1.807) is 31.2 Å². The number of nitrogens with zero attached hydrogens (tertiary/aromatic N) is 2. The first-order chi connectivity index (χ1) is 18.6. The molecule has 0 bridgehead atoms. The highest BCUT2D eigenvalue weighted by atomic mass is 32.2. The maximum absolute atomic E-state index is 13.7. The number of carbonyl (C=O) groups is 2. The summed E-state index contributed by atoms with van der Waals surface area (Å²) in [6.07, 6.45) is 2.82. The third-order valence-electron chi connectivity index (χ3n) is 6.22. The minimum absolute atomic E-state index is 0.171. The number of benzene rings is 3. The molecule has 208 valence electrons. The lowest BCUT2D eigenvalue weighted by molar-refractivity contribution is -0.139. The van der Waals surface area contributed by atoms with Crippen molar-refractivity contribution in [1.29, 1.82) is 0 Å². The minimum atomic E-state index is -3.82. The predicted octanol–water partition coefficient (Wildman–Crippen LogP) is 4.89. The number of carbonyl (C=O) groups excluding carboxylic acids is 2. The van der Waals surface area contributed by atoms with Crippen molar-refractivity contribution in [1.82, 2.24) is 10.2 Å². The summed E-state index contributed by atoms with van der Waals surface area (Å²) < 4.78 is 32.4. The first kappa shape index (κ1) is 29.7. The number of aryl methyl sites for hydroxylation is 1. The second-order valence-corrected chi connectivity index (χ2v) is 11.4. The van der Waals surface area contributed by atoms with E-state index in [2.05, 4.69) is 5.32 Å². The number of hydrogen-bond acceptors (Lipinski definition) is 5. The molecule has 1 atom stereocenters. The molecule has 0 aromatic heterocycles. The third kappa shape index (κ3) is 8.85. The van der Waals surface area contributed by atoms with Gasteiger partial charge in [0.1, 0.15) is 24.1 Å². The van der Waals surface area contributed by atoms with Crippen molar-refractivity contribution in [3.63, 3.8) is 0 Å².